The fourth-order valence-corrected chi connectivity index (χ4v) is 12.1. The number of carbonyl (C=O) groups is 4. The molecule has 264 valence electrons. The van der Waals surface area contributed by atoms with Crippen LogP contribution in [0.1, 0.15) is 121 Å². The average molecular weight is 659 g/mol. The van der Waals surface area contributed by atoms with Crippen molar-refractivity contribution in [1.82, 2.24) is 0 Å². The van der Waals surface area contributed by atoms with Crippen LogP contribution in [0, 0.1) is 50.7 Å². The lowest BCUT2D eigenvalue weighted by Gasteiger charge is -2.72. The minimum atomic E-state index is -1.14. The van der Waals surface area contributed by atoms with Crippen LogP contribution in [0.5, 0.6) is 0 Å². The van der Waals surface area contributed by atoms with Crippen molar-refractivity contribution in [3.63, 3.8) is 0 Å². The van der Waals surface area contributed by atoms with Gasteiger partial charge < -0.3 is 24.1 Å². The van der Waals surface area contributed by atoms with Crippen molar-refractivity contribution < 1.29 is 43.2 Å². The number of hydrogen-bond acceptors (Lipinski definition) is 9. The third-order valence-electron chi connectivity index (χ3n) is 14.7. The lowest BCUT2D eigenvalue weighted by atomic mass is 9.33. The second-order valence-corrected chi connectivity index (χ2v) is 17.2. The second-order valence-electron chi connectivity index (χ2n) is 17.2. The molecule has 0 radical (unpaired) electrons. The second kappa shape index (κ2) is 11.9. The number of rotatable bonds is 6. The van der Waals surface area contributed by atoms with Crippen LogP contribution < -0.4 is 0 Å². The van der Waals surface area contributed by atoms with Gasteiger partial charge in [0, 0.05) is 33.6 Å². The Balaban J connectivity index is 1.68. The molecule has 5 aliphatic carbocycles. The van der Waals surface area contributed by atoms with E-state index in [1.807, 2.05) is 0 Å². The molecule has 0 aromatic heterocycles. The molecule has 5 aliphatic rings. The number of ether oxygens (including phenoxy) is 4. The summed E-state index contributed by atoms with van der Waals surface area (Å²) in [5.41, 5.74) is -1.32. The zero-order chi connectivity index (χ0) is 35.0. The van der Waals surface area contributed by atoms with E-state index in [9.17, 15) is 24.3 Å². The molecule has 4 saturated carbocycles. The number of fused-ring (bicyclic) bond motifs is 7. The van der Waals surface area contributed by atoms with Gasteiger partial charge in [-0.3, -0.25) is 19.2 Å². The molecule has 0 spiro atoms. The van der Waals surface area contributed by atoms with Crippen LogP contribution in [0.25, 0.3) is 0 Å². The molecule has 11 atom stereocenters. The van der Waals surface area contributed by atoms with Gasteiger partial charge in [-0.15, -0.1) is 0 Å². The van der Waals surface area contributed by atoms with Crippen LogP contribution >= 0.6 is 0 Å². The molecule has 9 nitrogen and oxygen atoms in total. The van der Waals surface area contributed by atoms with E-state index >= 15 is 0 Å². The smallest absolute Gasteiger partial charge is 0.303 e. The van der Waals surface area contributed by atoms with Gasteiger partial charge in [0.05, 0.1) is 11.0 Å². The first-order valence-corrected chi connectivity index (χ1v) is 17.7. The molecule has 5 rings (SSSR count). The highest BCUT2D eigenvalue weighted by molar-refractivity contribution is 5.68. The summed E-state index contributed by atoms with van der Waals surface area (Å²) in [6.07, 6.45) is 7.64. The van der Waals surface area contributed by atoms with E-state index in [0.717, 1.165) is 38.5 Å². The fraction of sp³-hybridized carbons (Fsp3) is 0.842. The predicted octanol–water partition coefficient (Wildman–Crippen LogP) is 6.34. The Kier molecular flexibility index (Phi) is 9.06. The van der Waals surface area contributed by atoms with Gasteiger partial charge in [0.25, 0.3) is 0 Å². The Bertz CT molecular complexity index is 1310. The van der Waals surface area contributed by atoms with E-state index in [1.54, 1.807) is 0 Å². The maximum atomic E-state index is 12.6. The third kappa shape index (κ3) is 5.45. The standard InChI is InChI=1S/C38H58O9/c1-22-13-15-33(6)17-18-35(8)27(31(33)37(22,10)43)11-12-29-34(7)19-28(46-25(4)41)32(47-26(5)42)38(20-44-23(2)39,21-45-24(3)40)30(34)14-16-36(29,35)9/h11,22,28-32,43H,12-21H2,1-10H3. The maximum absolute atomic E-state index is 12.6. The predicted molar refractivity (Wildman–Crippen MR) is 175 cm³/mol. The molecule has 11 unspecified atom stereocenters. The van der Waals surface area contributed by atoms with E-state index in [1.165, 1.54) is 33.3 Å². The fourth-order valence-electron chi connectivity index (χ4n) is 12.1. The maximum Gasteiger partial charge on any atom is 0.303 e. The van der Waals surface area contributed by atoms with Crippen molar-refractivity contribution in [3.05, 3.63) is 11.6 Å². The van der Waals surface area contributed by atoms with Crippen LogP contribution in [0.2, 0.25) is 0 Å². The molecule has 0 amide bonds. The van der Waals surface area contributed by atoms with Gasteiger partial charge >= 0.3 is 23.9 Å². The Morgan fingerprint density at radius 1 is 0.787 bits per heavy atom. The molecule has 4 fully saturated rings. The number of esters is 4. The zero-order valence-corrected chi connectivity index (χ0v) is 30.3. The Labute approximate surface area is 280 Å². The summed E-state index contributed by atoms with van der Waals surface area (Å²) in [5, 5.41) is 12.2. The van der Waals surface area contributed by atoms with E-state index in [2.05, 4.69) is 47.6 Å². The van der Waals surface area contributed by atoms with E-state index < -0.39 is 52.5 Å². The summed E-state index contributed by atoms with van der Waals surface area (Å²) in [4.78, 5) is 49.9. The molecule has 0 heterocycles. The Morgan fingerprint density at radius 2 is 1.38 bits per heavy atom. The SMILES string of the molecule is CC(=O)OCC1(COC(C)=O)C(OC(C)=O)C(OC(C)=O)CC2(C)C1CCC1(C)C2CC=C2C3C(C)(CCC(C)C3(C)O)CCC21C. The molecule has 0 aromatic rings. The molecular weight excluding hydrogens is 600 g/mol. The molecule has 1 N–H and O–H groups in total. The molecule has 0 aliphatic heterocycles. The molecule has 47 heavy (non-hydrogen) atoms. The minimum Gasteiger partial charge on any atom is -0.465 e. The lowest BCUT2D eigenvalue weighted by molar-refractivity contribution is -0.269. The summed E-state index contributed by atoms with van der Waals surface area (Å²) in [6.45, 7) is 18.7. The van der Waals surface area contributed by atoms with Gasteiger partial charge in [0.15, 0.2) is 6.10 Å². The summed E-state index contributed by atoms with van der Waals surface area (Å²) in [5.74, 6) is -1.84. The number of aliphatic hydroxyl groups is 1. The number of hydrogen-bond donors (Lipinski definition) is 1. The van der Waals surface area contributed by atoms with Crippen LogP contribution in [0.3, 0.4) is 0 Å². The summed E-state index contributed by atoms with van der Waals surface area (Å²) >= 11 is 0. The third-order valence-corrected chi connectivity index (χ3v) is 14.7. The van der Waals surface area contributed by atoms with Crippen LogP contribution in [0.4, 0.5) is 0 Å². The van der Waals surface area contributed by atoms with E-state index in [-0.39, 0.29) is 53.1 Å². The molecular formula is C38H58O9. The van der Waals surface area contributed by atoms with E-state index in [4.69, 9.17) is 18.9 Å². The average Bonchev–Trinajstić information content (AvgIpc) is 2.94. The van der Waals surface area contributed by atoms with Gasteiger partial charge in [-0.1, -0.05) is 46.3 Å². The zero-order valence-electron chi connectivity index (χ0n) is 30.3. The van der Waals surface area contributed by atoms with Gasteiger partial charge in [0.2, 0.25) is 0 Å². The van der Waals surface area contributed by atoms with Crippen LogP contribution in [-0.2, 0) is 38.1 Å². The van der Waals surface area contributed by atoms with Gasteiger partial charge in [-0.25, -0.2) is 0 Å². The minimum absolute atomic E-state index is 0.0391. The summed E-state index contributed by atoms with van der Waals surface area (Å²) in [7, 11) is 0. The largest absolute Gasteiger partial charge is 0.465 e. The van der Waals surface area contributed by atoms with Crippen molar-refractivity contribution in [2.45, 2.75) is 138 Å². The molecule has 0 aromatic carbocycles. The first-order chi connectivity index (χ1) is 21.7. The first-order valence-electron chi connectivity index (χ1n) is 17.7. The van der Waals surface area contributed by atoms with Crippen molar-refractivity contribution in [2.24, 2.45) is 50.7 Å². The highest BCUT2D eigenvalue weighted by Gasteiger charge is 2.73. The first kappa shape index (κ1) is 35.9. The Hall–Kier alpha value is -2.42. The van der Waals surface area contributed by atoms with Crippen molar-refractivity contribution in [3.8, 4) is 0 Å². The Morgan fingerprint density at radius 3 is 1.94 bits per heavy atom. The van der Waals surface area contributed by atoms with Crippen molar-refractivity contribution >= 4 is 23.9 Å². The quantitative estimate of drug-likeness (QED) is 0.198. The highest BCUT2D eigenvalue weighted by atomic mass is 16.6. The lowest BCUT2D eigenvalue weighted by Crippen LogP contribution is -2.71. The summed E-state index contributed by atoms with van der Waals surface area (Å²) < 4.78 is 23.5. The van der Waals surface area contributed by atoms with Crippen LogP contribution in [-0.4, -0.2) is 60.0 Å². The molecule has 9 heteroatoms. The normalized spacial score (nSPS) is 45.0. The van der Waals surface area contributed by atoms with E-state index in [0.29, 0.717) is 12.8 Å². The number of allylic oxidation sites excluding steroid dienone is 1. The van der Waals surface area contributed by atoms with Gasteiger partial charge in [-0.05, 0) is 97.7 Å². The van der Waals surface area contributed by atoms with Gasteiger partial charge in [0.1, 0.15) is 19.3 Å². The summed E-state index contributed by atoms with van der Waals surface area (Å²) in [6, 6.07) is 0. The van der Waals surface area contributed by atoms with Crippen molar-refractivity contribution in [2.75, 3.05) is 13.2 Å². The molecule has 0 saturated heterocycles. The molecule has 0 bridgehead atoms. The topological polar surface area (TPSA) is 125 Å². The highest BCUT2D eigenvalue weighted by Crippen LogP contribution is 2.76. The van der Waals surface area contributed by atoms with Crippen molar-refractivity contribution in [1.29, 1.82) is 0 Å². The van der Waals surface area contributed by atoms with Gasteiger partial charge in [-0.2, -0.15) is 0 Å². The van der Waals surface area contributed by atoms with Crippen LogP contribution in [0.15, 0.2) is 11.6 Å². The monoisotopic (exact) mass is 658 g/mol. The number of carbonyl (C=O) groups excluding carboxylic acids is 4.